The van der Waals surface area contributed by atoms with Gasteiger partial charge in [0, 0.05) is 0 Å². The second-order valence-electron chi connectivity index (χ2n) is 3.26. The molecule has 2 aliphatic carbocycles. The second kappa shape index (κ2) is 1.62. The highest BCUT2D eigenvalue weighted by Crippen LogP contribution is 2.56. The number of fused-ring (bicyclic) bond motifs is 1. The quantitative estimate of drug-likeness (QED) is 0.552. The van der Waals surface area contributed by atoms with E-state index in [1.54, 1.807) is 0 Å². The molecule has 2 nitrogen and oxygen atoms in total. The SMILES string of the molecule is CC1C=CC2C(C(=O)O)C12. The zero-order valence-electron chi connectivity index (χ0n) is 5.82. The molecule has 0 bridgehead atoms. The molecule has 0 aliphatic heterocycles. The van der Waals surface area contributed by atoms with Crippen LogP contribution < -0.4 is 0 Å². The molecule has 1 N–H and O–H groups in total. The maximum absolute atomic E-state index is 10.5. The first-order chi connectivity index (χ1) is 4.72. The summed E-state index contributed by atoms with van der Waals surface area (Å²) < 4.78 is 0. The van der Waals surface area contributed by atoms with Gasteiger partial charge in [-0.1, -0.05) is 19.1 Å². The minimum atomic E-state index is -0.619. The summed E-state index contributed by atoms with van der Waals surface area (Å²) in [5.74, 6) is 0.613. The van der Waals surface area contributed by atoms with E-state index in [9.17, 15) is 4.79 Å². The highest BCUT2D eigenvalue weighted by atomic mass is 16.4. The van der Waals surface area contributed by atoms with E-state index in [0.717, 1.165) is 0 Å². The molecule has 1 fully saturated rings. The molecule has 54 valence electrons. The third-order valence-corrected chi connectivity index (χ3v) is 2.66. The Labute approximate surface area is 59.5 Å². The van der Waals surface area contributed by atoms with Crippen LogP contribution in [0.1, 0.15) is 6.92 Å². The van der Waals surface area contributed by atoms with Gasteiger partial charge in [0.25, 0.3) is 0 Å². The molecule has 0 heterocycles. The van der Waals surface area contributed by atoms with E-state index < -0.39 is 5.97 Å². The van der Waals surface area contributed by atoms with Crippen molar-refractivity contribution >= 4 is 5.97 Å². The van der Waals surface area contributed by atoms with Crippen LogP contribution >= 0.6 is 0 Å². The molecule has 0 spiro atoms. The van der Waals surface area contributed by atoms with Gasteiger partial charge in [-0.15, -0.1) is 0 Å². The molecule has 2 heteroatoms. The van der Waals surface area contributed by atoms with Crippen LogP contribution in [0, 0.1) is 23.7 Å². The lowest BCUT2D eigenvalue weighted by Crippen LogP contribution is -2.04. The lowest BCUT2D eigenvalue weighted by atomic mass is 10.1. The van der Waals surface area contributed by atoms with Crippen LogP contribution in [0.25, 0.3) is 0 Å². The molecule has 10 heavy (non-hydrogen) atoms. The molecule has 0 saturated heterocycles. The van der Waals surface area contributed by atoms with Crippen LogP contribution in [-0.2, 0) is 4.79 Å². The number of hydrogen-bond acceptors (Lipinski definition) is 1. The third-order valence-electron chi connectivity index (χ3n) is 2.66. The molecule has 4 atom stereocenters. The third kappa shape index (κ3) is 0.564. The van der Waals surface area contributed by atoms with Crippen molar-refractivity contribution in [1.82, 2.24) is 0 Å². The molecular weight excluding hydrogens is 128 g/mol. The Kier molecular flexibility index (Phi) is 0.967. The number of rotatable bonds is 1. The Balaban J connectivity index is 2.12. The first-order valence-electron chi connectivity index (χ1n) is 3.63. The second-order valence-corrected chi connectivity index (χ2v) is 3.26. The van der Waals surface area contributed by atoms with Crippen LogP contribution in [-0.4, -0.2) is 11.1 Å². The molecule has 0 amide bonds. The number of carboxylic acids is 1. The molecule has 2 aliphatic rings. The van der Waals surface area contributed by atoms with Gasteiger partial charge >= 0.3 is 5.97 Å². The first-order valence-corrected chi connectivity index (χ1v) is 3.63. The predicted octanol–water partition coefficient (Wildman–Crippen LogP) is 1.14. The van der Waals surface area contributed by atoms with Crippen LogP contribution in [0.5, 0.6) is 0 Å². The maximum atomic E-state index is 10.5. The Morgan fingerprint density at radius 1 is 1.50 bits per heavy atom. The van der Waals surface area contributed by atoms with Gasteiger partial charge in [-0.25, -0.2) is 0 Å². The van der Waals surface area contributed by atoms with Crippen molar-refractivity contribution in [3.63, 3.8) is 0 Å². The molecule has 2 rings (SSSR count). The van der Waals surface area contributed by atoms with E-state index in [4.69, 9.17) is 5.11 Å². The topological polar surface area (TPSA) is 37.3 Å². The number of carboxylic acid groups (broad SMARTS) is 1. The van der Waals surface area contributed by atoms with Crippen molar-refractivity contribution < 1.29 is 9.90 Å². The van der Waals surface area contributed by atoms with Gasteiger partial charge in [-0.05, 0) is 17.8 Å². The summed E-state index contributed by atoms with van der Waals surface area (Å²) >= 11 is 0. The summed E-state index contributed by atoms with van der Waals surface area (Å²) in [7, 11) is 0. The normalized spacial score (nSPS) is 48.9. The van der Waals surface area contributed by atoms with Crippen LogP contribution in [0.3, 0.4) is 0 Å². The van der Waals surface area contributed by atoms with Gasteiger partial charge in [-0.2, -0.15) is 0 Å². The van der Waals surface area contributed by atoms with Crippen molar-refractivity contribution in [2.75, 3.05) is 0 Å². The Bertz CT molecular complexity index is 207. The van der Waals surface area contributed by atoms with E-state index >= 15 is 0 Å². The van der Waals surface area contributed by atoms with Crippen molar-refractivity contribution in [3.8, 4) is 0 Å². The summed E-state index contributed by atoms with van der Waals surface area (Å²) in [6.07, 6.45) is 4.17. The molecule has 0 aromatic heterocycles. The Morgan fingerprint density at radius 3 is 2.50 bits per heavy atom. The van der Waals surface area contributed by atoms with Crippen LogP contribution in [0.2, 0.25) is 0 Å². The zero-order valence-corrected chi connectivity index (χ0v) is 5.82. The number of hydrogen-bond donors (Lipinski definition) is 1. The summed E-state index contributed by atoms with van der Waals surface area (Å²) in [6.45, 7) is 2.09. The Morgan fingerprint density at radius 2 is 2.20 bits per heavy atom. The summed E-state index contributed by atoms with van der Waals surface area (Å²) in [6, 6.07) is 0. The first kappa shape index (κ1) is 5.96. The number of carbonyl (C=O) groups is 1. The smallest absolute Gasteiger partial charge is 0.307 e. The fraction of sp³-hybridized carbons (Fsp3) is 0.625. The Hall–Kier alpha value is -0.790. The van der Waals surface area contributed by atoms with Gasteiger partial charge in [0.1, 0.15) is 0 Å². The van der Waals surface area contributed by atoms with Gasteiger partial charge in [-0.3, -0.25) is 4.79 Å². The minimum Gasteiger partial charge on any atom is -0.481 e. The molecule has 0 radical (unpaired) electrons. The lowest BCUT2D eigenvalue weighted by Gasteiger charge is -1.98. The van der Waals surface area contributed by atoms with E-state index in [1.165, 1.54) is 0 Å². The van der Waals surface area contributed by atoms with Gasteiger partial charge in [0.05, 0.1) is 5.92 Å². The molecule has 0 aromatic rings. The fourth-order valence-corrected chi connectivity index (χ4v) is 2.05. The predicted molar refractivity (Wildman–Crippen MR) is 36.4 cm³/mol. The molecule has 1 saturated carbocycles. The van der Waals surface area contributed by atoms with E-state index in [1.807, 2.05) is 6.08 Å². The van der Waals surface area contributed by atoms with Crippen molar-refractivity contribution in [2.24, 2.45) is 23.7 Å². The van der Waals surface area contributed by atoms with Crippen molar-refractivity contribution in [2.45, 2.75) is 6.92 Å². The standard InChI is InChI=1S/C8H10O2/c1-4-2-3-5-6(4)7(5)8(9)10/h2-7H,1H3,(H,9,10). The van der Waals surface area contributed by atoms with Gasteiger partial charge in [0.2, 0.25) is 0 Å². The highest BCUT2D eigenvalue weighted by molar-refractivity contribution is 5.75. The highest BCUT2D eigenvalue weighted by Gasteiger charge is 2.57. The maximum Gasteiger partial charge on any atom is 0.307 e. The average molecular weight is 138 g/mol. The fourth-order valence-electron chi connectivity index (χ4n) is 2.05. The summed E-state index contributed by atoms with van der Waals surface area (Å²) in [4.78, 5) is 10.5. The van der Waals surface area contributed by atoms with Gasteiger partial charge in [0.15, 0.2) is 0 Å². The van der Waals surface area contributed by atoms with Crippen LogP contribution in [0.15, 0.2) is 12.2 Å². The minimum absolute atomic E-state index is 0.0556. The van der Waals surface area contributed by atoms with Gasteiger partial charge < -0.3 is 5.11 Å². The number of aliphatic carboxylic acids is 1. The largest absolute Gasteiger partial charge is 0.481 e. The van der Waals surface area contributed by atoms with Crippen molar-refractivity contribution in [1.29, 1.82) is 0 Å². The number of allylic oxidation sites excluding steroid dienone is 2. The molecule has 0 aromatic carbocycles. The summed E-state index contributed by atoms with van der Waals surface area (Å²) in [5.41, 5.74) is 0. The van der Waals surface area contributed by atoms with Crippen molar-refractivity contribution in [3.05, 3.63) is 12.2 Å². The average Bonchev–Trinajstić information content (AvgIpc) is 2.48. The molecule has 4 unspecified atom stereocenters. The summed E-state index contributed by atoms with van der Waals surface area (Å²) in [5, 5.41) is 8.64. The molecular formula is C8H10O2. The van der Waals surface area contributed by atoms with E-state index in [-0.39, 0.29) is 5.92 Å². The lowest BCUT2D eigenvalue weighted by molar-refractivity contribution is -0.139. The van der Waals surface area contributed by atoms with E-state index in [2.05, 4.69) is 13.0 Å². The zero-order chi connectivity index (χ0) is 7.30. The van der Waals surface area contributed by atoms with Crippen LogP contribution in [0.4, 0.5) is 0 Å². The van der Waals surface area contributed by atoms with E-state index in [0.29, 0.717) is 17.8 Å². The monoisotopic (exact) mass is 138 g/mol.